The van der Waals surface area contributed by atoms with Gasteiger partial charge in [0.05, 0.1) is 41.8 Å². The van der Waals surface area contributed by atoms with Crippen LogP contribution in [-0.4, -0.2) is 114 Å². The van der Waals surface area contributed by atoms with Gasteiger partial charge in [-0.2, -0.15) is 4.39 Å². The molecule has 0 bridgehead atoms. The number of ether oxygens (including phenoxy) is 3. The number of carbonyl (C=O) groups excluding carboxylic acids is 1. The van der Waals surface area contributed by atoms with Gasteiger partial charge in [-0.05, 0) is 124 Å². The molecule has 12 aromatic rings. The second-order valence-corrected chi connectivity index (χ2v) is 25.0. The largest absolute Gasteiger partial charge is 0.473 e. The minimum absolute atomic E-state index is 0.129. The lowest BCUT2D eigenvalue weighted by Crippen LogP contribution is -2.36. The predicted octanol–water partition coefficient (Wildman–Crippen LogP) is 13.4. The first-order valence-corrected chi connectivity index (χ1v) is 31.8. The second-order valence-electron chi connectivity index (χ2n) is 25.0. The lowest BCUT2D eigenvalue weighted by molar-refractivity contribution is 0.0274. The van der Waals surface area contributed by atoms with E-state index in [2.05, 4.69) is 119 Å². The number of hydrogen-bond donors (Lipinski definition) is 1. The first kappa shape index (κ1) is 58.1. The van der Waals surface area contributed by atoms with E-state index in [0.717, 1.165) is 149 Å². The molecule has 462 valence electrons. The number of nitrogens with zero attached hydrogens (tertiary/aromatic N) is 13. The number of fused-ring (bicyclic) bond motifs is 9. The van der Waals surface area contributed by atoms with Crippen LogP contribution in [0.3, 0.4) is 0 Å². The van der Waals surface area contributed by atoms with Gasteiger partial charge >= 0.3 is 6.09 Å². The standard InChI is InChI=1S/C29H31N5O3.C24H23N5O.C20H15FN4/c1-29(2,3)37-28(35)33-16-14-21(18-33)36-26-17-20(13-15-30-26)22-9-10-23-27(32-22)34-24(11-12-25(34)31-23)19-7-5-4-6-8-19;1-2-4-16(5-3-1)21-8-9-22-27-20-7-6-19(28-24(20)29(21)22)17-10-13-26-23(14-17)30-18-11-12-25-15-18;21-18-12-14(10-11-22-18)15-6-7-16-20(24-15)25-17(8-9-19(25)23-16)13-4-2-1-3-5-13/h4-10,13,15,17,21,24H,11-12,14,16,18H2,1-3H3;1-7,10,13-14,18,21,25H,8-9,11-12,15H2;1-7,10-12,17H,8-9H2/t21-,24+;18-,21+;17-/m001/s1. The van der Waals surface area contributed by atoms with E-state index in [9.17, 15) is 9.18 Å². The molecule has 0 unspecified atom stereocenters. The molecule has 5 aliphatic heterocycles. The van der Waals surface area contributed by atoms with Crippen LogP contribution in [0.4, 0.5) is 9.18 Å². The summed E-state index contributed by atoms with van der Waals surface area (Å²) in [6.45, 7) is 8.57. The molecule has 9 aromatic heterocycles. The third kappa shape index (κ3) is 12.0. The molecule has 1 amide bonds. The number of aromatic nitrogens is 12. The van der Waals surface area contributed by atoms with Crippen molar-refractivity contribution in [3.8, 4) is 45.5 Å². The zero-order valence-corrected chi connectivity index (χ0v) is 51.5. The van der Waals surface area contributed by atoms with Crippen molar-refractivity contribution in [1.29, 1.82) is 0 Å². The highest BCUT2D eigenvalue weighted by Crippen LogP contribution is 2.39. The SMILES string of the molecule is CC(C)(C)OC(=O)N1CC[C@H](Oc2cc(-c3ccc4nc5n(c4n3)[C@@H](c3ccccc3)CC5)ccn2)C1.Fc1cc(-c2ccc3nc4n(c3n2)[C@@H](c2ccccc2)CC4)ccn1.c1ccc([C@H]2CCc3nc4ccc(-c5ccnc(O[C@H]6CCNC6)c5)nc4n32)cc1. The fraction of sp³-hybridized carbons (Fsp3) is 0.288. The van der Waals surface area contributed by atoms with Crippen LogP contribution in [0.15, 0.2) is 182 Å². The first-order valence-electron chi connectivity index (χ1n) is 31.8. The highest BCUT2D eigenvalue weighted by Gasteiger charge is 2.33. The van der Waals surface area contributed by atoms with E-state index in [-0.39, 0.29) is 30.4 Å². The molecule has 3 aromatic carbocycles. The van der Waals surface area contributed by atoms with Crippen molar-refractivity contribution in [1.82, 2.24) is 68.8 Å². The summed E-state index contributed by atoms with van der Waals surface area (Å²) >= 11 is 0. The third-order valence-corrected chi connectivity index (χ3v) is 17.7. The van der Waals surface area contributed by atoms with Crippen LogP contribution in [0.2, 0.25) is 0 Å². The van der Waals surface area contributed by atoms with Gasteiger partial charge in [0, 0.05) is 92.3 Å². The van der Waals surface area contributed by atoms with E-state index in [1.54, 1.807) is 23.4 Å². The minimum atomic E-state index is -0.517. The minimum Gasteiger partial charge on any atom is -0.473 e. The summed E-state index contributed by atoms with van der Waals surface area (Å²) in [6, 6.07) is 55.5. The second kappa shape index (κ2) is 24.8. The number of hydrogen-bond acceptors (Lipinski definition) is 14. The van der Waals surface area contributed by atoms with Crippen LogP contribution in [0.1, 0.15) is 105 Å². The third-order valence-electron chi connectivity index (χ3n) is 17.7. The quantitative estimate of drug-likeness (QED) is 0.127. The van der Waals surface area contributed by atoms with Gasteiger partial charge in [0.1, 0.15) is 51.8 Å². The van der Waals surface area contributed by atoms with Crippen molar-refractivity contribution in [3.63, 3.8) is 0 Å². The number of halogens is 1. The number of rotatable bonds is 10. The Kier molecular flexibility index (Phi) is 15.7. The van der Waals surface area contributed by atoms with E-state index in [1.165, 1.54) is 29.0 Å². The number of imidazole rings is 3. The maximum atomic E-state index is 13.5. The van der Waals surface area contributed by atoms with Crippen molar-refractivity contribution in [3.05, 3.63) is 222 Å². The molecule has 0 aliphatic carbocycles. The molecule has 2 fully saturated rings. The summed E-state index contributed by atoms with van der Waals surface area (Å²) in [5, 5.41) is 3.32. The Bertz CT molecular complexity index is 4640. The molecule has 0 saturated carbocycles. The van der Waals surface area contributed by atoms with Crippen LogP contribution < -0.4 is 14.8 Å². The van der Waals surface area contributed by atoms with Crippen LogP contribution in [0.25, 0.3) is 67.3 Å². The zero-order chi connectivity index (χ0) is 62.3. The highest BCUT2D eigenvalue weighted by atomic mass is 19.1. The van der Waals surface area contributed by atoms with Crippen LogP contribution in [-0.2, 0) is 24.0 Å². The lowest BCUT2D eigenvalue weighted by Gasteiger charge is -2.24. The highest BCUT2D eigenvalue weighted by molar-refractivity contribution is 5.79. The van der Waals surface area contributed by atoms with Gasteiger partial charge in [0.15, 0.2) is 16.9 Å². The van der Waals surface area contributed by atoms with E-state index < -0.39 is 11.5 Å². The van der Waals surface area contributed by atoms with Gasteiger partial charge in [0.2, 0.25) is 17.7 Å². The fourth-order valence-corrected chi connectivity index (χ4v) is 13.4. The summed E-state index contributed by atoms with van der Waals surface area (Å²) < 4.78 is 38.0. The van der Waals surface area contributed by atoms with Gasteiger partial charge in [-0.15, -0.1) is 0 Å². The maximum absolute atomic E-state index is 13.5. The molecule has 18 nitrogen and oxygen atoms in total. The zero-order valence-electron chi connectivity index (χ0n) is 51.5. The maximum Gasteiger partial charge on any atom is 0.410 e. The molecule has 17 rings (SSSR count). The Morgan fingerprint density at radius 2 is 0.913 bits per heavy atom. The van der Waals surface area contributed by atoms with Gasteiger partial charge in [-0.1, -0.05) is 91.0 Å². The Hall–Kier alpha value is -10.3. The molecular formula is C73H69FN14O4. The van der Waals surface area contributed by atoms with Gasteiger partial charge < -0.3 is 38.1 Å². The van der Waals surface area contributed by atoms with E-state index in [1.807, 2.05) is 87.5 Å². The Balaban J connectivity index is 0.000000117. The molecule has 5 aliphatic rings. The predicted molar refractivity (Wildman–Crippen MR) is 350 cm³/mol. The molecule has 0 radical (unpaired) electrons. The summed E-state index contributed by atoms with van der Waals surface area (Å²) in [5.74, 6) is 3.95. The molecule has 0 spiro atoms. The summed E-state index contributed by atoms with van der Waals surface area (Å²) in [7, 11) is 0. The van der Waals surface area contributed by atoms with E-state index >= 15 is 0 Å². The molecule has 14 heterocycles. The summed E-state index contributed by atoms with van der Waals surface area (Å²) in [5.41, 5.74) is 14.0. The van der Waals surface area contributed by atoms with Crippen LogP contribution >= 0.6 is 0 Å². The Morgan fingerprint density at radius 3 is 1.33 bits per heavy atom. The monoisotopic (exact) mass is 1220 g/mol. The molecule has 1 N–H and O–H groups in total. The average molecular weight is 1230 g/mol. The molecule has 5 atom stereocenters. The molecule has 2 saturated heterocycles. The first-order chi connectivity index (χ1) is 45.0. The molecule has 19 heteroatoms. The van der Waals surface area contributed by atoms with Crippen molar-refractivity contribution in [2.45, 2.75) is 108 Å². The van der Waals surface area contributed by atoms with Gasteiger partial charge in [0.25, 0.3) is 0 Å². The number of pyridine rings is 6. The van der Waals surface area contributed by atoms with Gasteiger partial charge in [-0.25, -0.2) is 49.7 Å². The molecule has 92 heavy (non-hydrogen) atoms. The van der Waals surface area contributed by atoms with Crippen LogP contribution in [0, 0.1) is 5.95 Å². The van der Waals surface area contributed by atoms with E-state index in [4.69, 9.17) is 44.1 Å². The van der Waals surface area contributed by atoms with Crippen molar-refractivity contribution in [2.24, 2.45) is 0 Å². The fourth-order valence-electron chi connectivity index (χ4n) is 13.4. The smallest absolute Gasteiger partial charge is 0.410 e. The lowest BCUT2D eigenvalue weighted by atomic mass is 10.0. The van der Waals surface area contributed by atoms with Crippen molar-refractivity contribution >= 4 is 39.6 Å². The Labute approximate surface area is 531 Å². The van der Waals surface area contributed by atoms with Gasteiger partial charge in [-0.3, -0.25) is 0 Å². The topological polar surface area (TPSA) is 191 Å². The summed E-state index contributed by atoms with van der Waals surface area (Å²) in [4.78, 5) is 55.8. The Morgan fingerprint density at radius 1 is 0.489 bits per heavy atom. The van der Waals surface area contributed by atoms with E-state index in [0.29, 0.717) is 30.9 Å². The normalized spacial score (nSPS) is 18.9. The van der Waals surface area contributed by atoms with Crippen LogP contribution in [0.5, 0.6) is 11.8 Å². The summed E-state index contributed by atoms with van der Waals surface area (Å²) in [6.07, 6.45) is 12.5. The number of amides is 1. The number of aryl methyl sites for hydroxylation is 3. The molecular weight excluding hydrogens is 1160 g/mol. The number of nitrogens with one attached hydrogen (secondary N) is 1. The number of carbonyl (C=O) groups is 1. The van der Waals surface area contributed by atoms with Crippen molar-refractivity contribution < 1.29 is 23.4 Å². The number of likely N-dealkylation sites (tertiary alicyclic amines) is 1. The van der Waals surface area contributed by atoms with Crippen molar-refractivity contribution in [2.75, 3.05) is 26.2 Å². The average Bonchev–Trinajstić information content (AvgIpc) is 1.65. The number of benzene rings is 3.